The zero-order valence-corrected chi connectivity index (χ0v) is 19.8. The molecule has 39 heavy (non-hydrogen) atoms. The Morgan fingerprint density at radius 3 is 1.85 bits per heavy atom. The fourth-order valence-corrected chi connectivity index (χ4v) is 4.07. The van der Waals surface area contributed by atoms with E-state index in [-0.39, 0.29) is 34.4 Å². The molecule has 0 amide bonds. The van der Waals surface area contributed by atoms with Crippen LogP contribution in [0.2, 0.25) is 0 Å². The number of nitro benzene ring substituents is 2. The molecule has 1 aliphatic rings. The summed E-state index contributed by atoms with van der Waals surface area (Å²) in [6.45, 7) is 0.158. The minimum atomic E-state index is -0.543. The van der Waals surface area contributed by atoms with Crippen LogP contribution < -0.4 is 26.1 Å². The zero-order chi connectivity index (χ0) is 26.9. The molecule has 0 bridgehead atoms. The van der Waals surface area contributed by atoms with Gasteiger partial charge in [0.15, 0.2) is 10.9 Å². The number of rotatable bonds is 8. The van der Waals surface area contributed by atoms with E-state index >= 15 is 0 Å². The average molecular weight is 524 g/mol. The Morgan fingerprint density at radius 2 is 1.21 bits per heavy atom. The number of hydrogen-bond donors (Lipinski definition) is 2. The Hall–Kier alpha value is -5.92. The van der Waals surface area contributed by atoms with Gasteiger partial charge in [0.25, 0.3) is 5.69 Å². The molecule has 0 unspecified atom stereocenters. The molecule has 0 aliphatic carbocycles. The largest absolute Gasteiger partial charge is 0.457 e. The van der Waals surface area contributed by atoms with Crippen molar-refractivity contribution in [2.45, 2.75) is 0 Å². The fourth-order valence-electron chi connectivity index (χ4n) is 4.07. The van der Waals surface area contributed by atoms with Crippen LogP contribution in [-0.2, 0) is 0 Å². The van der Waals surface area contributed by atoms with Crippen molar-refractivity contribution in [2.24, 2.45) is 9.98 Å². The second-order valence-electron chi connectivity index (χ2n) is 8.30. The summed E-state index contributed by atoms with van der Waals surface area (Å²) in [7, 11) is 0. The van der Waals surface area contributed by atoms with Crippen LogP contribution in [0.5, 0.6) is 11.5 Å². The number of non-ortho nitro benzene ring substituents is 2. The SMILES string of the molecule is O=[N+]([O-])c1ccc(Nc2ccc(Oc3ccc(Nc4ccc([N+](=O)[O-])c5nonc45)cc3)cc2)c2c1=NCN=2. The first-order valence-corrected chi connectivity index (χ1v) is 11.4. The number of fused-ring (bicyclic) bond motifs is 2. The van der Waals surface area contributed by atoms with Crippen molar-refractivity contribution in [3.05, 3.63) is 104 Å². The van der Waals surface area contributed by atoms with Gasteiger partial charge in [0.05, 0.1) is 21.2 Å². The topological polar surface area (TPSA) is 183 Å². The Labute approximate surface area is 217 Å². The summed E-state index contributed by atoms with van der Waals surface area (Å²) in [5.74, 6) is 1.19. The number of aromatic nitrogens is 2. The van der Waals surface area contributed by atoms with Crippen molar-refractivity contribution in [3.8, 4) is 11.5 Å². The highest BCUT2D eigenvalue weighted by molar-refractivity contribution is 5.94. The van der Waals surface area contributed by atoms with Crippen LogP contribution in [0.15, 0.2) is 87.4 Å². The van der Waals surface area contributed by atoms with Gasteiger partial charge in [-0.05, 0) is 71.0 Å². The molecule has 1 aliphatic heterocycles. The molecule has 2 heterocycles. The van der Waals surface area contributed by atoms with Crippen LogP contribution in [0.1, 0.15) is 0 Å². The van der Waals surface area contributed by atoms with Gasteiger partial charge in [-0.3, -0.25) is 30.2 Å². The predicted molar refractivity (Wildman–Crippen MR) is 138 cm³/mol. The highest BCUT2D eigenvalue weighted by atomic mass is 16.6. The molecule has 0 saturated carbocycles. The lowest BCUT2D eigenvalue weighted by atomic mass is 10.2. The van der Waals surface area contributed by atoms with Crippen LogP contribution in [-0.4, -0.2) is 26.8 Å². The van der Waals surface area contributed by atoms with Crippen LogP contribution in [0.25, 0.3) is 11.0 Å². The highest BCUT2D eigenvalue weighted by Crippen LogP contribution is 2.32. The Bertz CT molecular complexity index is 1870. The summed E-state index contributed by atoms with van der Waals surface area (Å²) in [4.78, 5) is 29.8. The van der Waals surface area contributed by atoms with Gasteiger partial charge in [-0.2, -0.15) is 0 Å². The summed E-state index contributed by atoms with van der Waals surface area (Å²) in [6.07, 6.45) is 0. The number of nitro groups is 2. The molecule has 14 heteroatoms. The van der Waals surface area contributed by atoms with Gasteiger partial charge in [0, 0.05) is 23.5 Å². The van der Waals surface area contributed by atoms with Crippen molar-refractivity contribution in [3.63, 3.8) is 0 Å². The number of benzene rings is 4. The highest BCUT2D eigenvalue weighted by Gasteiger charge is 2.20. The molecular weight excluding hydrogens is 508 g/mol. The number of anilines is 4. The molecule has 0 spiro atoms. The monoisotopic (exact) mass is 524 g/mol. The zero-order valence-electron chi connectivity index (χ0n) is 19.8. The first-order chi connectivity index (χ1) is 19.0. The molecular formula is C25H16N8O6. The third-order valence-electron chi connectivity index (χ3n) is 5.88. The normalized spacial score (nSPS) is 11.8. The minimum absolute atomic E-state index is 0.0604. The molecule has 14 nitrogen and oxygen atoms in total. The molecule has 1 aromatic heterocycles. The summed E-state index contributed by atoms with van der Waals surface area (Å²) in [6, 6.07) is 20.2. The van der Waals surface area contributed by atoms with Gasteiger partial charge >= 0.3 is 5.69 Å². The Kier molecular flexibility index (Phi) is 5.73. The summed E-state index contributed by atoms with van der Waals surface area (Å²) >= 11 is 0. The molecule has 0 saturated heterocycles. The van der Waals surface area contributed by atoms with Crippen molar-refractivity contribution in [1.82, 2.24) is 10.3 Å². The van der Waals surface area contributed by atoms with Crippen LogP contribution in [0, 0.1) is 20.2 Å². The van der Waals surface area contributed by atoms with Crippen molar-refractivity contribution >= 4 is 45.2 Å². The first-order valence-electron chi connectivity index (χ1n) is 11.4. The average Bonchev–Trinajstić information content (AvgIpc) is 3.62. The van der Waals surface area contributed by atoms with Gasteiger partial charge in [0.2, 0.25) is 5.52 Å². The number of nitrogens with one attached hydrogen (secondary N) is 2. The summed E-state index contributed by atoms with van der Waals surface area (Å²) < 4.78 is 10.6. The molecule has 0 fully saturated rings. The van der Waals surface area contributed by atoms with Gasteiger partial charge in [-0.15, -0.1) is 0 Å². The maximum atomic E-state index is 11.2. The molecule has 192 valence electrons. The smallest absolute Gasteiger partial charge is 0.300 e. The standard InChI is InChI=1S/C25H16N8O6/c34-32(35)20-11-9-18(22-24(20)27-13-26-22)28-14-1-5-16(6-2-14)38-17-7-3-15(4-8-17)29-19-10-12-21(33(36)37)25-23(19)30-39-31-25/h1-12,28-29H,13H2. The van der Waals surface area contributed by atoms with Crippen LogP contribution in [0.3, 0.4) is 0 Å². The Balaban J connectivity index is 1.13. The third kappa shape index (κ3) is 4.53. The van der Waals surface area contributed by atoms with E-state index in [1.165, 1.54) is 12.1 Å². The molecule has 5 aromatic rings. The molecule has 4 aromatic carbocycles. The van der Waals surface area contributed by atoms with Gasteiger partial charge in [-0.25, -0.2) is 4.63 Å². The quantitative estimate of drug-likeness (QED) is 0.216. The maximum absolute atomic E-state index is 11.2. The van der Waals surface area contributed by atoms with Crippen LogP contribution >= 0.6 is 0 Å². The number of nitrogens with zero attached hydrogens (tertiary/aromatic N) is 6. The lowest BCUT2D eigenvalue weighted by Gasteiger charge is -2.10. The number of ether oxygens (including phenoxy) is 1. The van der Waals surface area contributed by atoms with Gasteiger partial charge in [0.1, 0.15) is 23.5 Å². The Morgan fingerprint density at radius 1 is 0.667 bits per heavy atom. The van der Waals surface area contributed by atoms with E-state index in [0.717, 1.165) is 5.69 Å². The van der Waals surface area contributed by atoms with E-state index in [1.807, 2.05) is 12.1 Å². The van der Waals surface area contributed by atoms with E-state index in [0.29, 0.717) is 33.9 Å². The van der Waals surface area contributed by atoms with Crippen molar-refractivity contribution in [2.75, 3.05) is 17.3 Å². The van der Waals surface area contributed by atoms with Gasteiger partial charge in [-0.1, -0.05) is 0 Å². The molecule has 0 radical (unpaired) electrons. The lowest BCUT2D eigenvalue weighted by molar-refractivity contribution is -0.386. The van der Waals surface area contributed by atoms with E-state index in [9.17, 15) is 20.2 Å². The first kappa shape index (κ1) is 23.5. The minimum Gasteiger partial charge on any atom is -0.457 e. The second kappa shape index (κ2) is 9.51. The summed E-state index contributed by atoms with van der Waals surface area (Å²) in [5.41, 5.74) is 2.63. The second-order valence-corrected chi connectivity index (χ2v) is 8.30. The third-order valence-corrected chi connectivity index (χ3v) is 5.88. The van der Waals surface area contributed by atoms with Crippen molar-refractivity contribution in [1.29, 1.82) is 0 Å². The van der Waals surface area contributed by atoms with Crippen molar-refractivity contribution < 1.29 is 19.2 Å². The van der Waals surface area contributed by atoms with E-state index in [1.54, 1.807) is 48.5 Å². The lowest BCUT2D eigenvalue weighted by Crippen LogP contribution is -2.27. The van der Waals surface area contributed by atoms with E-state index in [4.69, 9.17) is 9.37 Å². The molecule has 2 N–H and O–H groups in total. The molecule has 6 rings (SSSR count). The maximum Gasteiger partial charge on any atom is 0.300 e. The van der Waals surface area contributed by atoms with Gasteiger partial charge < -0.3 is 15.4 Å². The molecule has 0 atom stereocenters. The van der Waals surface area contributed by atoms with Crippen LogP contribution in [0.4, 0.5) is 34.1 Å². The van der Waals surface area contributed by atoms with E-state index < -0.39 is 9.85 Å². The van der Waals surface area contributed by atoms with E-state index in [2.05, 4.69) is 30.9 Å². The summed E-state index contributed by atoms with van der Waals surface area (Å²) in [5, 5.41) is 36.9. The number of hydrogen-bond acceptors (Lipinski definition) is 12. The predicted octanol–water partition coefficient (Wildman–Crippen LogP) is 4.53. The fraction of sp³-hybridized carbons (Fsp3) is 0.0400.